The number of halogens is 4. The van der Waals surface area contributed by atoms with Crippen LogP contribution in [0, 0.1) is 0 Å². The van der Waals surface area contributed by atoms with Gasteiger partial charge in [-0.15, -0.1) is 25.3 Å². The summed E-state index contributed by atoms with van der Waals surface area (Å²) in [7, 11) is 0. The van der Waals surface area contributed by atoms with Crippen molar-refractivity contribution in [2.45, 2.75) is 9.79 Å². The molecule has 0 spiro atoms. The fourth-order valence-electron chi connectivity index (χ4n) is 1.44. The zero-order valence-corrected chi connectivity index (χ0v) is 12.4. The van der Waals surface area contributed by atoms with Gasteiger partial charge in [0.15, 0.2) is 0 Å². The average Bonchev–Trinajstić information content (AvgIpc) is 2.20. The van der Waals surface area contributed by atoms with E-state index in [-0.39, 0.29) is 0 Å². The number of thiol groups is 2. The van der Waals surface area contributed by atoms with Crippen molar-refractivity contribution in [1.29, 1.82) is 0 Å². The van der Waals surface area contributed by atoms with Gasteiger partial charge in [0.05, 0.1) is 20.1 Å². The van der Waals surface area contributed by atoms with E-state index in [4.69, 9.17) is 46.4 Å². The van der Waals surface area contributed by atoms with Crippen LogP contribution in [0.25, 0.3) is 10.8 Å². The maximum Gasteiger partial charge on any atom is 0.0561 e. The number of fused-ring (bicyclic) bond motifs is 1. The highest BCUT2D eigenvalue weighted by Gasteiger charge is 2.15. The quantitative estimate of drug-likeness (QED) is 0.541. The van der Waals surface area contributed by atoms with Crippen LogP contribution in [-0.4, -0.2) is 0 Å². The molecule has 0 N–H and O–H groups in total. The van der Waals surface area contributed by atoms with Gasteiger partial charge in [0.25, 0.3) is 0 Å². The summed E-state index contributed by atoms with van der Waals surface area (Å²) in [5.74, 6) is 0. The molecular weight excluding hydrogens is 326 g/mol. The van der Waals surface area contributed by atoms with Crippen molar-refractivity contribution in [3.8, 4) is 0 Å². The zero-order valence-electron chi connectivity index (χ0n) is 7.56. The van der Waals surface area contributed by atoms with Crippen LogP contribution in [-0.2, 0) is 0 Å². The molecule has 0 aliphatic rings. The summed E-state index contributed by atoms with van der Waals surface area (Å²) in [5.41, 5.74) is 0. The largest absolute Gasteiger partial charge is 0.141 e. The van der Waals surface area contributed by atoms with Crippen LogP contribution in [0.15, 0.2) is 21.9 Å². The van der Waals surface area contributed by atoms with Crippen molar-refractivity contribution >= 4 is 82.4 Å². The highest BCUT2D eigenvalue weighted by Crippen LogP contribution is 2.43. The lowest BCUT2D eigenvalue weighted by Crippen LogP contribution is -1.84. The first-order chi connectivity index (χ1) is 7.43. The highest BCUT2D eigenvalue weighted by molar-refractivity contribution is 7.81. The second-order valence-corrected chi connectivity index (χ2v) is 5.65. The fraction of sp³-hybridized carbons (Fsp3) is 0. The summed E-state index contributed by atoms with van der Waals surface area (Å²) >= 11 is 32.8. The van der Waals surface area contributed by atoms with Crippen LogP contribution in [0.1, 0.15) is 0 Å². The molecule has 0 amide bonds. The summed E-state index contributed by atoms with van der Waals surface area (Å²) in [4.78, 5) is 1.13. The monoisotopic (exact) mass is 328 g/mol. The molecule has 2 aromatic carbocycles. The van der Waals surface area contributed by atoms with E-state index >= 15 is 0 Å². The van der Waals surface area contributed by atoms with Gasteiger partial charge in [-0.1, -0.05) is 46.4 Å². The van der Waals surface area contributed by atoms with Crippen LogP contribution in [0.2, 0.25) is 20.1 Å². The molecule has 0 aliphatic carbocycles. The van der Waals surface area contributed by atoms with Crippen molar-refractivity contribution in [2.24, 2.45) is 0 Å². The molecule has 16 heavy (non-hydrogen) atoms. The molecule has 0 heterocycles. The maximum atomic E-state index is 6.08. The van der Waals surface area contributed by atoms with Crippen molar-refractivity contribution < 1.29 is 0 Å². The minimum absolute atomic E-state index is 0.439. The Bertz CT molecular complexity index is 547. The van der Waals surface area contributed by atoms with Gasteiger partial charge in [0.2, 0.25) is 0 Å². The summed E-state index contributed by atoms with van der Waals surface area (Å²) in [6.45, 7) is 0. The Kier molecular flexibility index (Phi) is 3.80. The van der Waals surface area contributed by atoms with E-state index in [2.05, 4.69) is 25.3 Å². The Labute approximate surface area is 124 Å². The Morgan fingerprint density at radius 1 is 0.625 bits per heavy atom. The lowest BCUT2D eigenvalue weighted by Gasteiger charge is -2.11. The molecule has 84 valence electrons. The smallest absolute Gasteiger partial charge is 0.0561 e. The van der Waals surface area contributed by atoms with Gasteiger partial charge < -0.3 is 0 Å². The molecule has 2 aromatic rings. The molecule has 0 aromatic heterocycles. The summed E-state index contributed by atoms with van der Waals surface area (Å²) in [6.07, 6.45) is 0. The van der Waals surface area contributed by atoms with Gasteiger partial charge in [0, 0.05) is 20.6 Å². The Balaban J connectivity index is 3.11. The normalized spacial score (nSPS) is 11.1. The first-order valence-electron chi connectivity index (χ1n) is 4.11. The minimum Gasteiger partial charge on any atom is -0.141 e. The maximum absolute atomic E-state index is 6.08. The topological polar surface area (TPSA) is 0 Å². The lowest BCUT2D eigenvalue weighted by molar-refractivity contribution is 1.46. The average molecular weight is 330 g/mol. The van der Waals surface area contributed by atoms with Gasteiger partial charge in [-0.25, -0.2) is 0 Å². The molecule has 0 saturated carbocycles. The molecule has 0 radical (unpaired) electrons. The SMILES string of the molecule is Sc1c(Cl)cc(Cl)c2c(Cl)cc(Cl)c(S)c12. The number of hydrogen-bond acceptors (Lipinski definition) is 2. The van der Waals surface area contributed by atoms with E-state index in [1.165, 1.54) is 0 Å². The minimum atomic E-state index is 0.439. The lowest BCUT2D eigenvalue weighted by atomic mass is 10.1. The molecule has 0 fully saturated rings. The van der Waals surface area contributed by atoms with Crippen molar-refractivity contribution in [3.05, 3.63) is 32.2 Å². The molecule has 0 bridgehead atoms. The van der Waals surface area contributed by atoms with Crippen molar-refractivity contribution in [2.75, 3.05) is 0 Å². The van der Waals surface area contributed by atoms with E-state index < -0.39 is 0 Å². The zero-order chi connectivity index (χ0) is 12.0. The van der Waals surface area contributed by atoms with Crippen LogP contribution >= 0.6 is 71.7 Å². The van der Waals surface area contributed by atoms with Crippen LogP contribution in [0.5, 0.6) is 0 Å². The summed E-state index contributed by atoms with van der Waals surface area (Å²) in [6, 6.07) is 3.20. The van der Waals surface area contributed by atoms with Gasteiger partial charge in [0.1, 0.15) is 0 Å². The van der Waals surface area contributed by atoms with E-state index in [0.717, 1.165) is 0 Å². The third kappa shape index (κ3) is 2.00. The predicted octanol–water partition coefficient (Wildman–Crippen LogP) is 6.03. The summed E-state index contributed by atoms with van der Waals surface area (Å²) in [5, 5.41) is 3.11. The molecule has 6 heteroatoms. The van der Waals surface area contributed by atoms with Crippen molar-refractivity contribution in [1.82, 2.24) is 0 Å². The van der Waals surface area contributed by atoms with Gasteiger partial charge in [-0.2, -0.15) is 0 Å². The Hall–Kier alpha value is 0.560. The van der Waals surface area contributed by atoms with Crippen LogP contribution in [0.3, 0.4) is 0 Å². The van der Waals surface area contributed by atoms with E-state index in [9.17, 15) is 0 Å². The Morgan fingerprint density at radius 3 is 1.38 bits per heavy atom. The van der Waals surface area contributed by atoms with Gasteiger partial charge in [-0.3, -0.25) is 0 Å². The van der Waals surface area contributed by atoms with Crippen molar-refractivity contribution in [3.63, 3.8) is 0 Å². The molecule has 0 atom stereocenters. The van der Waals surface area contributed by atoms with Crippen LogP contribution in [0.4, 0.5) is 0 Å². The standard InChI is InChI=1S/C10H4Cl4S2/c11-3-1-5(13)9(15)8-7(3)4(12)2-6(14)10(8)16/h1-2,15-16H. The highest BCUT2D eigenvalue weighted by atomic mass is 35.5. The first-order valence-corrected chi connectivity index (χ1v) is 6.51. The van der Waals surface area contributed by atoms with E-state index in [1.54, 1.807) is 12.1 Å². The molecule has 0 saturated heterocycles. The third-order valence-corrected chi connectivity index (χ3v) is 4.55. The Morgan fingerprint density at radius 2 is 1.00 bits per heavy atom. The van der Waals surface area contributed by atoms with Gasteiger partial charge >= 0.3 is 0 Å². The predicted molar refractivity (Wildman–Crippen MR) is 78.5 cm³/mol. The molecule has 2 rings (SSSR count). The molecular formula is C10H4Cl4S2. The fourth-order valence-corrected chi connectivity index (χ4v) is 3.29. The van der Waals surface area contributed by atoms with Crippen LogP contribution < -0.4 is 0 Å². The van der Waals surface area contributed by atoms with E-state index in [0.29, 0.717) is 40.7 Å². The number of benzene rings is 2. The first kappa shape index (κ1) is 13.0. The third-order valence-electron chi connectivity index (χ3n) is 2.16. The second-order valence-electron chi connectivity index (χ2n) is 3.13. The summed E-state index contributed by atoms with van der Waals surface area (Å²) < 4.78 is 0. The molecule has 0 aliphatic heterocycles. The number of rotatable bonds is 0. The molecule has 0 nitrogen and oxygen atoms in total. The second kappa shape index (κ2) is 4.68. The molecule has 0 unspecified atom stereocenters. The van der Waals surface area contributed by atoms with E-state index in [1.807, 2.05) is 0 Å². The van der Waals surface area contributed by atoms with Gasteiger partial charge in [-0.05, 0) is 12.1 Å². The number of hydrogen-bond donors (Lipinski definition) is 2.